The van der Waals surface area contributed by atoms with Gasteiger partial charge in [-0.1, -0.05) is 5.11 Å². The minimum atomic E-state index is -0.809. The third-order valence-corrected chi connectivity index (χ3v) is 1.69. The summed E-state index contributed by atoms with van der Waals surface area (Å²) in [4.78, 5) is 16.0. The van der Waals surface area contributed by atoms with Crippen LogP contribution in [0.3, 0.4) is 0 Å². The lowest BCUT2D eigenvalue weighted by Crippen LogP contribution is -2.03. The zero-order valence-corrected chi connectivity index (χ0v) is 7.52. The molecule has 0 aliphatic carbocycles. The summed E-state index contributed by atoms with van der Waals surface area (Å²) in [7, 11) is 0. The van der Waals surface area contributed by atoms with Crippen LogP contribution in [0.15, 0.2) is 23.4 Å². The van der Waals surface area contributed by atoms with Gasteiger partial charge in [-0.2, -0.15) is 0 Å². The van der Waals surface area contributed by atoms with E-state index in [9.17, 15) is 10.1 Å². The number of nitro groups is 1. The van der Waals surface area contributed by atoms with E-state index >= 15 is 0 Å². The monoisotopic (exact) mass is 209 g/mol. The fraction of sp³-hybridized carbons (Fsp3) is 0.286. The number of azide groups is 1. The van der Waals surface area contributed by atoms with Crippen molar-refractivity contribution in [2.45, 2.75) is 6.04 Å². The van der Waals surface area contributed by atoms with E-state index in [0.717, 1.165) is 6.20 Å². The standard InChI is InChI=1S/C7H7N5O3/c8-11-10-7(4-13)6-2-1-5(3-9-6)12(14)15/h1-3,7,13H,4H2. The van der Waals surface area contributed by atoms with Gasteiger partial charge in [0.1, 0.15) is 12.2 Å². The lowest BCUT2D eigenvalue weighted by molar-refractivity contribution is -0.385. The molecule has 1 atom stereocenters. The second kappa shape index (κ2) is 4.89. The Hall–Kier alpha value is -2.18. The summed E-state index contributed by atoms with van der Waals surface area (Å²) in [6.45, 7) is -0.394. The van der Waals surface area contributed by atoms with Crippen LogP contribution in [0.5, 0.6) is 0 Å². The van der Waals surface area contributed by atoms with Crippen LogP contribution in [0.25, 0.3) is 10.4 Å². The number of hydrogen-bond acceptors (Lipinski definition) is 5. The second-order valence-corrected chi connectivity index (χ2v) is 2.60. The first kappa shape index (κ1) is 10.9. The molecule has 1 rings (SSSR count). The Balaban J connectivity index is 2.96. The highest BCUT2D eigenvalue weighted by Gasteiger charge is 2.12. The van der Waals surface area contributed by atoms with Crippen molar-refractivity contribution in [1.82, 2.24) is 4.98 Å². The normalized spacial score (nSPS) is 11.5. The summed E-state index contributed by atoms with van der Waals surface area (Å²) in [6, 6.07) is 1.77. The molecule has 8 heteroatoms. The molecule has 0 fully saturated rings. The van der Waals surface area contributed by atoms with Crippen molar-refractivity contribution in [2.75, 3.05) is 6.61 Å². The smallest absolute Gasteiger partial charge is 0.287 e. The second-order valence-electron chi connectivity index (χ2n) is 2.60. The Morgan fingerprint density at radius 2 is 2.47 bits per heavy atom. The number of rotatable bonds is 4. The number of hydrogen-bond donors (Lipinski definition) is 1. The summed E-state index contributed by atoms with van der Waals surface area (Å²) in [6.07, 6.45) is 1.05. The van der Waals surface area contributed by atoms with Crippen LogP contribution in [0, 0.1) is 10.1 Å². The topological polar surface area (TPSA) is 125 Å². The van der Waals surface area contributed by atoms with E-state index in [4.69, 9.17) is 10.6 Å². The third kappa shape index (κ3) is 2.63. The van der Waals surface area contributed by atoms with Gasteiger partial charge < -0.3 is 5.11 Å². The summed E-state index contributed by atoms with van der Waals surface area (Å²) >= 11 is 0. The number of pyridine rings is 1. The molecule has 0 saturated carbocycles. The quantitative estimate of drug-likeness (QED) is 0.264. The van der Waals surface area contributed by atoms with E-state index < -0.39 is 17.6 Å². The average molecular weight is 209 g/mol. The van der Waals surface area contributed by atoms with Crippen LogP contribution in [0.4, 0.5) is 5.69 Å². The molecule has 1 aromatic heterocycles. The van der Waals surface area contributed by atoms with Crippen molar-refractivity contribution in [3.63, 3.8) is 0 Å². The van der Waals surface area contributed by atoms with Crippen LogP contribution in [0.1, 0.15) is 11.7 Å². The van der Waals surface area contributed by atoms with Crippen molar-refractivity contribution in [2.24, 2.45) is 5.11 Å². The number of aliphatic hydroxyl groups is 1. The molecule has 0 aliphatic rings. The summed E-state index contributed by atoms with van der Waals surface area (Å²) in [5.41, 5.74) is 8.32. The molecule has 15 heavy (non-hydrogen) atoms. The van der Waals surface area contributed by atoms with Crippen molar-refractivity contribution < 1.29 is 10.0 Å². The first-order valence-electron chi connectivity index (χ1n) is 3.94. The average Bonchev–Trinajstić information content (AvgIpc) is 2.26. The molecular formula is C7H7N5O3. The SMILES string of the molecule is [N-]=[N+]=NC(CO)c1ccc([N+](=O)[O-])cn1. The maximum atomic E-state index is 10.3. The van der Waals surface area contributed by atoms with Gasteiger partial charge in [0.25, 0.3) is 5.69 Å². The molecular weight excluding hydrogens is 202 g/mol. The van der Waals surface area contributed by atoms with E-state index in [1.807, 2.05) is 0 Å². The van der Waals surface area contributed by atoms with Gasteiger partial charge in [-0.15, -0.1) is 0 Å². The molecule has 1 unspecified atom stereocenters. The lowest BCUT2D eigenvalue weighted by Gasteiger charge is -2.05. The van der Waals surface area contributed by atoms with Gasteiger partial charge in [0.15, 0.2) is 0 Å². The molecule has 0 amide bonds. The van der Waals surface area contributed by atoms with Crippen LogP contribution >= 0.6 is 0 Å². The third-order valence-electron chi connectivity index (χ3n) is 1.69. The molecule has 0 aliphatic heterocycles. The van der Waals surface area contributed by atoms with Gasteiger partial charge in [0.2, 0.25) is 0 Å². The number of nitrogens with zero attached hydrogens (tertiary/aromatic N) is 5. The Bertz CT molecular complexity index is 398. The van der Waals surface area contributed by atoms with Crippen LogP contribution in [-0.4, -0.2) is 21.6 Å². The first-order valence-corrected chi connectivity index (χ1v) is 3.94. The number of aliphatic hydroxyl groups excluding tert-OH is 1. The van der Waals surface area contributed by atoms with Gasteiger partial charge in [-0.05, 0) is 11.6 Å². The fourth-order valence-electron chi connectivity index (χ4n) is 0.954. The molecule has 0 aromatic carbocycles. The molecule has 8 nitrogen and oxygen atoms in total. The molecule has 0 bridgehead atoms. The molecule has 78 valence electrons. The molecule has 1 aromatic rings. The minimum Gasteiger partial charge on any atom is -0.396 e. The molecule has 0 radical (unpaired) electrons. The predicted octanol–water partition coefficient (Wildman–Crippen LogP) is 1.33. The lowest BCUT2D eigenvalue weighted by atomic mass is 10.2. The van der Waals surface area contributed by atoms with Crippen LogP contribution < -0.4 is 0 Å². The highest BCUT2D eigenvalue weighted by molar-refractivity contribution is 5.27. The van der Waals surface area contributed by atoms with Gasteiger partial charge in [-0.25, -0.2) is 0 Å². The van der Waals surface area contributed by atoms with Crippen molar-refractivity contribution in [3.8, 4) is 0 Å². The molecule has 0 spiro atoms. The fourth-order valence-corrected chi connectivity index (χ4v) is 0.954. The predicted molar refractivity (Wildman–Crippen MR) is 49.9 cm³/mol. The number of aromatic nitrogens is 1. The van der Waals surface area contributed by atoms with Crippen molar-refractivity contribution in [1.29, 1.82) is 0 Å². The molecule has 1 heterocycles. The summed E-state index contributed by atoms with van der Waals surface area (Å²) in [5, 5.41) is 22.4. The van der Waals surface area contributed by atoms with E-state index in [0.29, 0.717) is 5.69 Å². The minimum absolute atomic E-state index is 0.156. The Morgan fingerprint density at radius 1 is 1.73 bits per heavy atom. The van der Waals surface area contributed by atoms with E-state index in [1.54, 1.807) is 0 Å². The maximum Gasteiger partial charge on any atom is 0.287 e. The summed E-state index contributed by atoms with van der Waals surface area (Å²) < 4.78 is 0. The van der Waals surface area contributed by atoms with Crippen LogP contribution in [0.2, 0.25) is 0 Å². The van der Waals surface area contributed by atoms with E-state index in [2.05, 4.69) is 15.0 Å². The summed E-state index contributed by atoms with van der Waals surface area (Å²) in [5.74, 6) is 0. The molecule has 1 N–H and O–H groups in total. The largest absolute Gasteiger partial charge is 0.396 e. The van der Waals surface area contributed by atoms with Gasteiger partial charge in [-0.3, -0.25) is 15.1 Å². The van der Waals surface area contributed by atoms with Crippen molar-refractivity contribution >= 4 is 5.69 Å². The Labute approximate surface area is 84.0 Å². The molecule has 0 saturated heterocycles. The van der Waals surface area contributed by atoms with Gasteiger partial charge in [0.05, 0.1) is 17.2 Å². The highest BCUT2D eigenvalue weighted by atomic mass is 16.6. The first-order chi connectivity index (χ1) is 7.19. The Kier molecular flexibility index (Phi) is 3.55. The van der Waals surface area contributed by atoms with Crippen LogP contribution in [-0.2, 0) is 0 Å². The van der Waals surface area contributed by atoms with E-state index in [-0.39, 0.29) is 5.69 Å². The van der Waals surface area contributed by atoms with E-state index in [1.165, 1.54) is 12.1 Å². The Morgan fingerprint density at radius 3 is 2.87 bits per heavy atom. The maximum absolute atomic E-state index is 10.3. The zero-order chi connectivity index (χ0) is 11.3. The highest BCUT2D eigenvalue weighted by Crippen LogP contribution is 2.17. The van der Waals surface area contributed by atoms with Gasteiger partial charge >= 0.3 is 0 Å². The zero-order valence-electron chi connectivity index (χ0n) is 7.52. The van der Waals surface area contributed by atoms with Gasteiger partial charge in [0, 0.05) is 11.0 Å². The van der Waals surface area contributed by atoms with Crippen molar-refractivity contribution in [3.05, 3.63) is 44.6 Å².